The summed E-state index contributed by atoms with van der Waals surface area (Å²) in [6.45, 7) is 0. The van der Waals surface area contributed by atoms with E-state index in [0.717, 1.165) is 37.0 Å². The van der Waals surface area contributed by atoms with Crippen LogP contribution >= 0.6 is 22.9 Å². The number of aromatic nitrogens is 1. The van der Waals surface area contributed by atoms with Crippen LogP contribution in [0.15, 0.2) is 0 Å². The number of thiazole rings is 1. The Morgan fingerprint density at radius 3 is 2.94 bits per heavy atom. The van der Waals surface area contributed by atoms with Crippen molar-refractivity contribution in [2.24, 2.45) is 0 Å². The van der Waals surface area contributed by atoms with E-state index in [1.165, 1.54) is 7.11 Å². The first kappa shape index (κ1) is 13.6. The van der Waals surface area contributed by atoms with E-state index < -0.39 is 5.97 Å². The third-order valence-electron chi connectivity index (χ3n) is 2.99. The molecule has 1 aliphatic rings. The maximum Gasteiger partial charge on any atom is 0.351 e. The number of hydrogen-bond acceptors (Lipinski definition) is 6. The van der Waals surface area contributed by atoms with Gasteiger partial charge in [-0.05, 0) is 12.8 Å². The molecule has 1 aliphatic carbocycles. The normalized spacial score (nSPS) is 23.7. The summed E-state index contributed by atoms with van der Waals surface area (Å²) in [5.74, 6) is -0.491. The van der Waals surface area contributed by atoms with Gasteiger partial charge in [0.15, 0.2) is 15.2 Å². The Balaban J connectivity index is 2.07. The van der Waals surface area contributed by atoms with E-state index in [-0.39, 0.29) is 22.2 Å². The van der Waals surface area contributed by atoms with Crippen molar-refractivity contribution in [1.82, 2.24) is 4.98 Å². The lowest BCUT2D eigenvalue weighted by Crippen LogP contribution is -2.36. The molecule has 0 radical (unpaired) electrons. The van der Waals surface area contributed by atoms with Crippen LogP contribution in [0.2, 0.25) is 5.15 Å². The van der Waals surface area contributed by atoms with Crippen molar-refractivity contribution in [1.29, 1.82) is 0 Å². The molecule has 2 N–H and O–H groups in total. The van der Waals surface area contributed by atoms with E-state index in [1.54, 1.807) is 0 Å². The molecule has 0 amide bonds. The summed E-state index contributed by atoms with van der Waals surface area (Å²) in [6.07, 6.45) is 3.44. The van der Waals surface area contributed by atoms with E-state index >= 15 is 0 Å². The molecule has 0 spiro atoms. The summed E-state index contributed by atoms with van der Waals surface area (Å²) in [4.78, 5) is 15.7. The van der Waals surface area contributed by atoms with Crippen molar-refractivity contribution >= 4 is 34.0 Å². The first-order valence-electron chi connectivity index (χ1n) is 5.81. The Morgan fingerprint density at radius 1 is 1.56 bits per heavy atom. The van der Waals surface area contributed by atoms with Crippen LogP contribution in [0.25, 0.3) is 0 Å². The molecule has 18 heavy (non-hydrogen) atoms. The minimum atomic E-state index is -0.491. The lowest BCUT2D eigenvalue weighted by Gasteiger charge is -2.27. The molecule has 2 atom stereocenters. The van der Waals surface area contributed by atoms with Crippen molar-refractivity contribution in [2.75, 3.05) is 12.4 Å². The first-order chi connectivity index (χ1) is 8.61. The third kappa shape index (κ3) is 2.93. The number of rotatable bonds is 3. The smallest absolute Gasteiger partial charge is 0.351 e. The highest BCUT2D eigenvalue weighted by Gasteiger charge is 2.25. The molecule has 100 valence electrons. The quantitative estimate of drug-likeness (QED) is 0.836. The van der Waals surface area contributed by atoms with Crippen LogP contribution < -0.4 is 5.32 Å². The molecule has 0 bridgehead atoms. The molecule has 1 saturated carbocycles. The van der Waals surface area contributed by atoms with Crippen LogP contribution in [-0.4, -0.2) is 35.3 Å². The predicted molar refractivity (Wildman–Crippen MR) is 70.3 cm³/mol. The highest BCUT2D eigenvalue weighted by Crippen LogP contribution is 2.30. The highest BCUT2D eigenvalue weighted by molar-refractivity contribution is 7.18. The van der Waals surface area contributed by atoms with Gasteiger partial charge in [-0.3, -0.25) is 0 Å². The van der Waals surface area contributed by atoms with Crippen molar-refractivity contribution < 1.29 is 14.6 Å². The fourth-order valence-electron chi connectivity index (χ4n) is 2.02. The van der Waals surface area contributed by atoms with E-state index in [0.29, 0.717) is 5.13 Å². The second-order valence-corrected chi connectivity index (χ2v) is 5.59. The summed E-state index contributed by atoms with van der Waals surface area (Å²) >= 11 is 7.02. The van der Waals surface area contributed by atoms with E-state index in [9.17, 15) is 9.90 Å². The zero-order chi connectivity index (χ0) is 13.1. The minimum absolute atomic E-state index is 0.0218. The lowest BCUT2D eigenvalue weighted by molar-refractivity contribution is 0.0606. The Labute approximate surface area is 114 Å². The summed E-state index contributed by atoms with van der Waals surface area (Å²) in [6, 6.07) is -0.0218. The number of anilines is 1. The summed E-state index contributed by atoms with van der Waals surface area (Å²) in [7, 11) is 1.30. The molecule has 1 aromatic rings. The summed E-state index contributed by atoms with van der Waals surface area (Å²) in [5.41, 5.74) is 0. The number of carbonyl (C=O) groups excluding carboxylic acids is 1. The van der Waals surface area contributed by atoms with Gasteiger partial charge < -0.3 is 15.2 Å². The molecule has 1 heterocycles. The lowest BCUT2D eigenvalue weighted by atomic mass is 9.93. The Kier molecular flexibility index (Phi) is 4.42. The van der Waals surface area contributed by atoms with Crippen LogP contribution in [0, 0.1) is 0 Å². The molecule has 1 aromatic heterocycles. The standard InChI is InChI=1S/C11H15ClN2O3S/c1-17-10(16)8-9(12)14-11(18-8)13-6-4-2-3-5-7(6)15/h6-7,15H,2-5H2,1H3,(H,13,14). The zero-order valence-electron chi connectivity index (χ0n) is 9.98. The minimum Gasteiger partial charge on any atom is -0.465 e. The van der Waals surface area contributed by atoms with Crippen molar-refractivity contribution in [3.05, 3.63) is 10.0 Å². The third-order valence-corrected chi connectivity index (χ3v) is 4.35. The Morgan fingerprint density at radius 2 is 2.28 bits per heavy atom. The second-order valence-electron chi connectivity index (χ2n) is 4.23. The number of ether oxygens (including phenoxy) is 1. The predicted octanol–water partition coefficient (Wildman–Crippen LogP) is 2.30. The van der Waals surface area contributed by atoms with Crippen molar-refractivity contribution in [3.63, 3.8) is 0 Å². The van der Waals surface area contributed by atoms with Gasteiger partial charge in [-0.1, -0.05) is 35.8 Å². The molecule has 2 rings (SSSR count). The molecule has 1 fully saturated rings. The van der Waals surface area contributed by atoms with E-state index in [4.69, 9.17) is 11.6 Å². The van der Waals surface area contributed by atoms with E-state index in [2.05, 4.69) is 15.0 Å². The maximum atomic E-state index is 11.4. The van der Waals surface area contributed by atoms with Crippen LogP contribution in [-0.2, 0) is 4.74 Å². The second kappa shape index (κ2) is 5.86. The topological polar surface area (TPSA) is 71.5 Å². The van der Waals surface area contributed by atoms with Gasteiger partial charge in [0.25, 0.3) is 0 Å². The van der Waals surface area contributed by atoms with Crippen molar-refractivity contribution in [2.45, 2.75) is 37.8 Å². The fraction of sp³-hybridized carbons (Fsp3) is 0.636. The molecule has 7 heteroatoms. The number of hydrogen-bond donors (Lipinski definition) is 2. The van der Waals surface area contributed by atoms with Crippen LogP contribution in [0.5, 0.6) is 0 Å². The monoisotopic (exact) mass is 290 g/mol. The fourth-order valence-corrected chi connectivity index (χ4v) is 3.18. The first-order valence-corrected chi connectivity index (χ1v) is 7.00. The maximum absolute atomic E-state index is 11.4. The SMILES string of the molecule is COC(=O)c1sc(NC2CCCCC2O)nc1Cl. The van der Waals surface area contributed by atoms with Gasteiger partial charge in [-0.25, -0.2) is 9.78 Å². The van der Waals surface area contributed by atoms with Gasteiger partial charge >= 0.3 is 5.97 Å². The molecule has 0 saturated heterocycles. The van der Waals surface area contributed by atoms with Crippen LogP contribution in [0.1, 0.15) is 35.4 Å². The Hall–Kier alpha value is -0.850. The number of aliphatic hydroxyl groups excluding tert-OH is 1. The number of esters is 1. The molecule has 0 aromatic carbocycles. The zero-order valence-corrected chi connectivity index (χ0v) is 11.6. The number of methoxy groups -OCH3 is 1. The number of nitrogens with one attached hydrogen (secondary N) is 1. The van der Waals surface area contributed by atoms with Gasteiger partial charge in [0.1, 0.15) is 0 Å². The van der Waals surface area contributed by atoms with Gasteiger partial charge in [0, 0.05) is 0 Å². The molecule has 2 unspecified atom stereocenters. The van der Waals surface area contributed by atoms with Crippen molar-refractivity contribution in [3.8, 4) is 0 Å². The molecular formula is C11H15ClN2O3S. The van der Waals surface area contributed by atoms with Gasteiger partial charge in [0.05, 0.1) is 19.3 Å². The molecule has 5 nitrogen and oxygen atoms in total. The molecular weight excluding hydrogens is 276 g/mol. The van der Waals surface area contributed by atoms with Gasteiger partial charge in [-0.15, -0.1) is 0 Å². The van der Waals surface area contributed by atoms with Gasteiger partial charge in [-0.2, -0.15) is 0 Å². The van der Waals surface area contributed by atoms with E-state index in [1.807, 2.05) is 0 Å². The van der Waals surface area contributed by atoms with Crippen LogP contribution in [0.3, 0.4) is 0 Å². The average molecular weight is 291 g/mol. The number of nitrogens with zero attached hydrogens (tertiary/aromatic N) is 1. The number of carbonyl (C=O) groups is 1. The largest absolute Gasteiger partial charge is 0.465 e. The van der Waals surface area contributed by atoms with Gasteiger partial charge in [0.2, 0.25) is 0 Å². The average Bonchev–Trinajstić information content (AvgIpc) is 2.72. The molecule has 0 aliphatic heterocycles. The highest BCUT2D eigenvalue weighted by atomic mass is 35.5. The summed E-state index contributed by atoms with van der Waals surface area (Å²) in [5, 5.41) is 13.7. The van der Waals surface area contributed by atoms with Crippen LogP contribution in [0.4, 0.5) is 5.13 Å². The number of halogens is 1. The number of aliphatic hydroxyl groups is 1. The summed E-state index contributed by atoms with van der Waals surface area (Å²) < 4.78 is 4.61. The Bertz CT molecular complexity index is 438.